The van der Waals surface area contributed by atoms with Gasteiger partial charge in [-0.15, -0.1) is 11.3 Å². The molecular weight excluding hydrogens is 300 g/mol. The maximum absolute atomic E-state index is 11.9. The van der Waals surface area contributed by atoms with Crippen LogP contribution in [0.2, 0.25) is 0 Å². The van der Waals surface area contributed by atoms with Crippen LogP contribution in [0.4, 0.5) is 5.00 Å². The van der Waals surface area contributed by atoms with Crippen LogP contribution in [0.15, 0.2) is 6.07 Å². The molecule has 0 spiro atoms. The highest BCUT2D eigenvalue weighted by molar-refractivity contribution is 7.91. The summed E-state index contributed by atoms with van der Waals surface area (Å²) in [5, 5.41) is 0.275. The van der Waals surface area contributed by atoms with Crippen molar-refractivity contribution in [1.82, 2.24) is 4.72 Å². The maximum atomic E-state index is 11.9. The molecule has 8 heteroatoms. The monoisotopic (exact) mass is 320 g/mol. The first-order valence-corrected chi connectivity index (χ1v) is 8.60. The Morgan fingerprint density at radius 3 is 2.65 bits per heavy atom. The molecule has 0 saturated carbocycles. The summed E-state index contributed by atoms with van der Waals surface area (Å²) in [6, 6.07) is 1.61. The van der Waals surface area contributed by atoms with Gasteiger partial charge in [0.1, 0.15) is 5.00 Å². The van der Waals surface area contributed by atoms with Crippen molar-refractivity contribution in [2.45, 2.75) is 27.7 Å². The Hall–Kier alpha value is -1.12. The van der Waals surface area contributed by atoms with Gasteiger partial charge in [-0.3, -0.25) is 4.72 Å². The van der Waals surface area contributed by atoms with Gasteiger partial charge in [0.2, 0.25) is 0 Å². The molecule has 20 heavy (non-hydrogen) atoms. The lowest BCUT2D eigenvalue weighted by Gasteiger charge is -2.10. The third kappa shape index (κ3) is 5.10. The molecule has 0 aromatic carbocycles. The third-order valence-corrected chi connectivity index (χ3v) is 4.37. The quantitative estimate of drug-likeness (QED) is 0.754. The SMILES string of the molecule is CCOC(=O)c1cc(C)sc1NS(=O)(=O)NCC(C)C. The Bertz CT molecular complexity index is 564. The minimum Gasteiger partial charge on any atom is -0.462 e. The van der Waals surface area contributed by atoms with Crippen LogP contribution in [0, 0.1) is 12.8 Å². The van der Waals surface area contributed by atoms with Crippen LogP contribution in [0.25, 0.3) is 0 Å². The summed E-state index contributed by atoms with van der Waals surface area (Å²) in [6.45, 7) is 7.88. The van der Waals surface area contributed by atoms with Gasteiger partial charge in [0.15, 0.2) is 0 Å². The largest absolute Gasteiger partial charge is 0.462 e. The first-order chi connectivity index (χ1) is 9.25. The van der Waals surface area contributed by atoms with Crippen molar-refractivity contribution in [2.24, 2.45) is 5.92 Å². The first-order valence-electron chi connectivity index (χ1n) is 6.30. The second kappa shape index (κ2) is 7.05. The Balaban J connectivity index is 2.89. The molecule has 1 aromatic rings. The zero-order valence-electron chi connectivity index (χ0n) is 12.0. The molecule has 0 bridgehead atoms. The lowest BCUT2D eigenvalue weighted by molar-refractivity contribution is 0.0528. The first kappa shape index (κ1) is 16.9. The van der Waals surface area contributed by atoms with Crippen molar-refractivity contribution in [2.75, 3.05) is 17.9 Å². The highest BCUT2D eigenvalue weighted by Gasteiger charge is 2.20. The van der Waals surface area contributed by atoms with Crippen molar-refractivity contribution in [1.29, 1.82) is 0 Å². The fraction of sp³-hybridized carbons (Fsp3) is 0.583. The van der Waals surface area contributed by atoms with Gasteiger partial charge in [-0.25, -0.2) is 4.79 Å². The fourth-order valence-corrected chi connectivity index (χ4v) is 3.61. The zero-order valence-corrected chi connectivity index (χ0v) is 13.7. The second-order valence-electron chi connectivity index (χ2n) is 4.67. The van der Waals surface area contributed by atoms with E-state index in [0.717, 1.165) is 4.88 Å². The van der Waals surface area contributed by atoms with Crippen LogP contribution >= 0.6 is 11.3 Å². The Morgan fingerprint density at radius 1 is 1.45 bits per heavy atom. The standard InChI is InChI=1S/C12H20N2O4S2/c1-5-18-12(15)10-6-9(4)19-11(10)14-20(16,17)13-7-8(2)3/h6,8,13-14H,5,7H2,1-4H3. The summed E-state index contributed by atoms with van der Waals surface area (Å²) in [5.74, 6) is -0.334. The van der Waals surface area contributed by atoms with Crippen LogP contribution in [-0.4, -0.2) is 27.5 Å². The predicted molar refractivity (Wildman–Crippen MR) is 80.4 cm³/mol. The Morgan fingerprint density at radius 2 is 2.10 bits per heavy atom. The fourth-order valence-electron chi connectivity index (χ4n) is 1.39. The Kier molecular flexibility index (Phi) is 5.97. The minimum atomic E-state index is -3.68. The molecule has 1 aromatic heterocycles. The maximum Gasteiger partial charge on any atom is 0.341 e. The highest BCUT2D eigenvalue weighted by Crippen LogP contribution is 2.28. The molecule has 0 amide bonds. The van der Waals surface area contributed by atoms with Gasteiger partial charge in [-0.1, -0.05) is 13.8 Å². The highest BCUT2D eigenvalue weighted by atomic mass is 32.2. The van der Waals surface area contributed by atoms with Crippen molar-refractivity contribution < 1.29 is 17.9 Å². The van der Waals surface area contributed by atoms with E-state index in [2.05, 4.69) is 9.44 Å². The second-order valence-corrected chi connectivity index (χ2v) is 7.42. The zero-order chi connectivity index (χ0) is 15.3. The number of aryl methyl sites for hydroxylation is 1. The molecule has 0 atom stereocenters. The van der Waals surface area contributed by atoms with Crippen LogP contribution in [0.5, 0.6) is 0 Å². The van der Waals surface area contributed by atoms with E-state index in [-0.39, 0.29) is 23.1 Å². The van der Waals surface area contributed by atoms with E-state index >= 15 is 0 Å². The summed E-state index contributed by atoms with van der Waals surface area (Å²) in [7, 11) is -3.68. The van der Waals surface area contributed by atoms with Crippen molar-refractivity contribution in [3.05, 3.63) is 16.5 Å². The van der Waals surface area contributed by atoms with E-state index in [1.807, 2.05) is 13.8 Å². The van der Waals surface area contributed by atoms with Crippen molar-refractivity contribution in [3.8, 4) is 0 Å². The van der Waals surface area contributed by atoms with Gasteiger partial charge in [0.05, 0.1) is 12.2 Å². The predicted octanol–water partition coefficient (Wildman–Crippen LogP) is 2.14. The summed E-state index contributed by atoms with van der Waals surface area (Å²) in [5.41, 5.74) is 0.240. The van der Waals surface area contributed by atoms with Crippen LogP contribution in [0.3, 0.4) is 0 Å². The van der Waals surface area contributed by atoms with E-state index in [9.17, 15) is 13.2 Å². The van der Waals surface area contributed by atoms with Crippen LogP contribution in [-0.2, 0) is 14.9 Å². The number of carbonyl (C=O) groups excluding carboxylic acids is 1. The van der Waals surface area contributed by atoms with E-state index in [1.54, 1.807) is 19.9 Å². The number of hydrogen-bond donors (Lipinski definition) is 2. The molecule has 0 aliphatic heterocycles. The van der Waals surface area contributed by atoms with Crippen molar-refractivity contribution >= 4 is 32.5 Å². The lowest BCUT2D eigenvalue weighted by atomic mass is 10.2. The van der Waals surface area contributed by atoms with Crippen LogP contribution in [0.1, 0.15) is 36.0 Å². The van der Waals surface area contributed by atoms with Crippen LogP contribution < -0.4 is 9.44 Å². The Labute approximate surface area is 123 Å². The van der Waals surface area contributed by atoms with E-state index < -0.39 is 16.2 Å². The molecule has 0 radical (unpaired) electrons. The minimum absolute atomic E-state index is 0.196. The molecule has 0 unspecified atom stereocenters. The van der Waals surface area contributed by atoms with Gasteiger partial charge in [0, 0.05) is 11.4 Å². The number of anilines is 1. The average Bonchev–Trinajstić information content (AvgIpc) is 2.67. The van der Waals surface area contributed by atoms with Gasteiger partial charge in [0.25, 0.3) is 10.2 Å². The number of ether oxygens (including phenoxy) is 1. The summed E-state index contributed by atoms with van der Waals surface area (Å²) >= 11 is 1.20. The van der Waals surface area contributed by atoms with E-state index in [0.29, 0.717) is 6.54 Å². The normalized spacial score (nSPS) is 11.7. The number of hydrogen-bond acceptors (Lipinski definition) is 5. The number of thiophene rings is 1. The van der Waals surface area contributed by atoms with E-state index in [4.69, 9.17) is 4.74 Å². The summed E-state index contributed by atoms with van der Waals surface area (Å²) < 4.78 is 33.5. The topological polar surface area (TPSA) is 84.5 Å². The van der Waals surface area contributed by atoms with Gasteiger partial charge in [-0.2, -0.15) is 13.1 Å². The van der Waals surface area contributed by atoms with E-state index in [1.165, 1.54) is 11.3 Å². The van der Waals surface area contributed by atoms with Gasteiger partial charge >= 0.3 is 5.97 Å². The third-order valence-electron chi connectivity index (χ3n) is 2.26. The number of nitrogens with one attached hydrogen (secondary N) is 2. The molecule has 0 saturated heterocycles. The smallest absolute Gasteiger partial charge is 0.341 e. The molecule has 0 fully saturated rings. The number of carbonyl (C=O) groups is 1. The summed E-state index contributed by atoms with van der Waals surface area (Å²) in [4.78, 5) is 12.6. The molecule has 114 valence electrons. The molecule has 1 heterocycles. The molecular formula is C12H20N2O4S2. The lowest BCUT2D eigenvalue weighted by Crippen LogP contribution is -2.33. The van der Waals surface area contributed by atoms with Gasteiger partial charge < -0.3 is 4.74 Å². The van der Waals surface area contributed by atoms with Gasteiger partial charge in [-0.05, 0) is 25.8 Å². The number of esters is 1. The molecule has 0 aliphatic carbocycles. The molecule has 2 N–H and O–H groups in total. The summed E-state index contributed by atoms with van der Waals surface area (Å²) in [6.07, 6.45) is 0. The molecule has 1 rings (SSSR count). The number of rotatable bonds is 7. The molecule has 6 nitrogen and oxygen atoms in total. The average molecular weight is 320 g/mol. The van der Waals surface area contributed by atoms with Crippen molar-refractivity contribution in [3.63, 3.8) is 0 Å². The molecule has 0 aliphatic rings.